The highest BCUT2D eigenvalue weighted by Crippen LogP contribution is 2.12. The number of ether oxygens (including phenoxy) is 1. The minimum Gasteiger partial charge on any atom is -0.370 e. The van der Waals surface area contributed by atoms with Gasteiger partial charge in [0, 0.05) is 17.8 Å². The lowest BCUT2D eigenvalue weighted by atomic mass is 10.2. The summed E-state index contributed by atoms with van der Waals surface area (Å²) in [6.45, 7) is 1.88. The summed E-state index contributed by atoms with van der Waals surface area (Å²) in [5.41, 5.74) is 3.17. The van der Waals surface area contributed by atoms with Crippen LogP contribution in [0.25, 0.3) is 0 Å². The van der Waals surface area contributed by atoms with Crippen molar-refractivity contribution < 1.29 is 4.74 Å². The molecule has 0 saturated heterocycles. The Hall–Kier alpha value is -1.42. The molecule has 0 unspecified atom stereocenters. The Morgan fingerprint density at radius 2 is 2.05 bits per heavy atom. The molecule has 0 aliphatic carbocycles. The van der Waals surface area contributed by atoms with E-state index in [0.717, 1.165) is 22.8 Å². The van der Waals surface area contributed by atoms with E-state index < -0.39 is 0 Å². The minimum atomic E-state index is 0.506. The van der Waals surface area contributed by atoms with Gasteiger partial charge in [-0.3, -0.25) is 4.98 Å². The Kier molecular flexibility index (Phi) is 5.33. The molecule has 0 aliphatic rings. The zero-order valence-corrected chi connectivity index (χ0v) is 11.7. The van der Waals surface area contributed by atoms with E-state index in [4.69, 9.17) is 16.3 Å². The normalized spacial score (nSPS) is 10.6. The molecule has 1 aromatic heterocycles. The van der Waals surface area contributed by atoms with Gasteiger partial charge in [0.15, 0.2) is 0 Å². The van der Waals surface area contributed by atoms with Gasteiger partial charge in [-0.15, -0.1) is 0 Å². The van der Waals surface area contributed by atoms with Crippen molar-refractivity contribution in [3.8, 4) is 0 Å². The zero-order chi connectivity index (χ0) is 13.5. The Morgan fingerprint density at radius 1 is 1.16 bits per heavy atom. The lowest BCUT2D eigenvalue weighted by Crippen LogP contribution is -2.05. The second-order valence-electron chi connectivity index (χ2n) is 4.31. The molecule has 2 rings (SSSR count). The predicted octanol–water partition coefficient (Wildman–Crippen LogP) is 3.17. The first-order valence-electron chi connectivity index (χ1n) is 6.18. The summed E-state index contributed by atoms with van der Waals surface area (Å²) in [7, 11) is 1.92. The van der Waals surface area contributed by atoms with Crippen LogP contribution in [0.1, 0.15) is 16.8 Å². The van der Waals surface area contributed by atoms with Crippen LogP contribution in [-0.4, -0.2) is 12.0 Å². The first kappa shape index (κ1) is 14.0. The molecule has 0 amide bonds. The highest BCUT2D eigenvalue weighted by Gasteiger charge is 1.98. The van der Waals surface area contributed by atoms with E-state index in [9.17, 15) is 0 Å². The van der Waals surface area contributed by atoms with E-state index in [1.807, 2.05) is 43.6 Å². The SMILES string of the molecule is CNCc1ccc(COCc2cccc(Cl)c2)nc1. The third kappa shape index (κ3) is 4.63. The molecule has 4 heteroatoms. The number of halogens is 1. The Labute approximate surface area is 118 Å². The van der Waals surface area contributed by atoms with Gasteiger partial charge in [0.05, 0.1) is 18.9 Å². The predicted molar refractivity (Wildman–Crippen MR) is 76.9 cm³/mol. The number of aromatic nitrogens is 1. The molecule has 1 aromatic carbocycles. The smallest absolute Gasteiger partial charge is 0.0892 e. The third-order valence-electron chi connectivity index (χ3n) is 2.67. The van der Waals surface area contributed by atoms with E-state index in [1.54, 1.807) is 0 Å². The average molecular weight is 277 g/mol. The molecule has 1 heterocycles. The second-order valence-corrected chi connectivity index (χ2v) is 4.75. The average Bonchev–Trinajstić information content (AvgIpc) is 2.41. The van der Waals surface area contributed by atoms with Crippen molar-refractivity contribution in [3.05, 3.63) is 64.4 Å². The van der Waals surface area contributed by atoms with Crippen molar-refractivity contribution in [2.45, 2.75) is 19.8 Å². The minimum absolute atomic E-state index is 0.506. The van der Waals surface area contributed by atoms with Crippen LogP contribution >= 0.6 is 11.6 Å². The zero-order valence-electron chi connectivity index (χ0n) is 10.9. The van der Waals surface area contributed by atoms with Crippen molar-refractivity contribution >= 4 is 11.6 Å². The highest BCUT2D eigenvalue weighted by atomic mass is 35.5. The van der Waals surface area contributed by atoms with Gasteiger partial charge in [-0.05, 0) is 36.4 Å². The van der Waals surface area contributed by atoms with Gasteiger partial charge in [-0.2, -0.15) is 0 Å². The number of benzene rings is 1. The van der Waals surface area contributed by atoms with Crippen molar-refractivity contribution in [1.82, 2.24) is 10.3 Å². The van der Waals surface area contributed by atoms with E-state index in [2.05, 4.69) is 16.4 Å². The van der Waals surface area contributed by atoms with Gasteiger partial charge >= 0.3 is 0 Å². The van der Waals surface area contributed by atoms with Gasteiger partial charge in [0.25, 0.3) is 0 Å². The summed E-state index contributed by atoms with van der Waals surface area (Å²) in [6.07, 6.45) is 1.87. The van der Waals surface area contributed by atoms with E-state index in [-0.39, 0.29) is 0 Å². The molecule has 0 saturated carbocycles. The number of hydrogen-bond donors (Lipinski definition) is 1. The van der Waals surface area contributed by atoms with E-state index in [0.29, 0.717) is 13.2 Å². The molecule has 3 nitrogen and oxygen atoms in total. The number of nitrogens with zero attached hydrogens (tertiary/aromatic N) is 1. The summed E-state index contributed by atoms with van der Waals surface area (Å²) in [6, 6.07) is 11.7. The molecule has 0 spiro atoms. The van der Waals surface area contributed by atoms with Crippen molar-refractivity contribution in [2.24, 2.45) is 0 Å². The Balaban J connectivity index is 1.82. The Morgan fingerprint density at radius 3 is 2.74 bits per heavy atom. The van der Waals surface area contributed by atoms with Crippen LogP contribution in [0.4, 0.5) is 0 Å². The first-order chi connectivity index (χ1) is 9.28. The van der Waals surface area contributed by atoms with Crippen molar-refractivity contribution in [2.75, 3.05) is 7.05 Å². The fraction of sp³-hybridized carbons (Fsp3) is 0.267. The quantitative estimate of drug-likeness (QED) is 0.880. The summed E-state index contributed by atoms with van der Waals surface area (Å²) in [5, 5.41) is 3.82. The van der Waals surface area contributed by atoms with Crippen LogP contribution in [0, 0.1) is 0 Å². The molecular formula is C15H17ClN2O. The number of nitrogens with one attached hydrogen (secondary N) is 1. The third-order valence-corrected chi connectivity index (χ3v) is 2.91. The van der Waals surface area contributed by atoms with Gasteiger partial charge in [0.1, 0.15) is 0 Å². The number of rotatable bonds is 6. The van der Waals surface area contributed by atoms with Crippen LogP contribution in [0.3, 0.4) is 0 Å². The van der Waals surface area contributed by atoms with Gasteiger partial charge in [0.2, 0.25) is 0 Å². The van der Waals surface area contributed by atoms with Crippen LogP contribution in [0.5, 0.6) is 0 Å². The van der Waals surface area contributed by atoms with E-state index in [1.165, 1.54) is 5.56 Å². The van der Waals surface area contributed by atoms with Gasteiger partial charge < -0.3 is 10.1 Å². The monoisotopic (exact) mass is 276 g/mol. The maximum absolute atomic E-state index is 5.91. The number of pyridine rings is 1. The van der Waals surface area contributed by atoms with Crippen LogP contribution in [0.2, 0.25) is 5.02 Å². The van der Waals surface area contributed by atoms with E-state index >= 15 is 0 Å². The maximum Gasteiger partial charge on any atom is 0.0892 e. The summed E-state index contributed by atoms with van der Waals surface area (Å²) in [5.74, 6) is 0. The molecule has 0 atom stereocenters. The first-order valence-corrected chi connectivity index (χ1v) is 6.56. The maximum atomic E-state index is 5.91. The van der Waals surface area contributed by atoms with Gasteiger partial charge in [-0.25, -0.2) is 0 Å². The molecule has 0 radical (unpaired) electrons. The highest BCUT2D eigenvalue weighted by molar-refractivity contribution is 6.30. The van der Waals surface area contributed by atoms with Crippen LogP contribution in [0.15, 0.2) is 42.6 Å². The molecular weight excluding hydrogens is 260 g/mol. The van der Waals surface area contributed by atoms with Crippen LogP contribution < -0.4 is 5.32 Å². The second kappa shape index (κ2) is 7.24. The molecule has 0 bridgehead atoms. The Bertz CT molecular complexity index is 514. The molecule has 19 heavy (non-hydrogen) atoms. The van der Waals surface area contributed by atoms with Crippen LogP contribution in [-0.2, 0) is 24.5 Å². The fourth-order valence-corrected chi connectivity index (χ4v) is 1.96. The molecule has 1 N–H and O–H groups in total. The lowest BCUT2D eigenvalue weighted by Gasteiger charge is -2.05. The largest absolute Gasteiger partial charge is 0.370 e. The van der Waals surface area contributed by atoms with Crippen molar-refractivity contribution in [3.63, 3.8) is 0 Å². The summed E-state index contributed by atoms with van der Waals surface area (Å²) in [4.78, 5) is 4.35. The number of hydrogen-bond acceptors (Lipinski definition) is 3. The summed E-state index contributed by atoms with van der Waals surface area (Å²) < 4.78 is 5.62. The molecule has 0 aliphatic heterocycles. The fourth-order valence-electron chi connectivity index (χ4n) is 1.75. The molecule has 2 aromatic rings. The molecule has 100 valence electrons. The van der Waals surface area contributed by atoms with Gasteiger partial charge in [-0.1, -0.05) is 29.8 Å². The molecule has 0 fully saturated rings. The standard InChI is InChI=1S/C15H17ClN2O/c1-17-8-13-5-6-15(18-9-13)11-19-10-12-3-2-4-14(16)7-12/h2-7,9,17H,8,10-11H2,1H3. The lowest BCUT2D eigenvalue weighted by molar-refractivity contribution is 0.104. The topological polar surface area (TPSA) is 34.1 Å². The van der Waals surface area contributed by atoms with Crippen molar-refractivity contribution in [1.29, 1.82) is 0 Å². The summed E-state index contributed by atoms with van der Waals surface area (Å²) >= 11 is 5.91.